The van der Waals surface area contributed by atoms with Gasteiger partial charge in [-0.15, -0.1) is 0 Å². The number of nitrogens with zero attached hydrogens (tertiary/aromatic N) is 7. The van der Waals surface area contributed by atoms with Gasteiger partial charge in [-0.25, -0.2) is 11.6 Å². The Morgan fingerprint density at radius 1 is 0.967 bits per heavy atom. The molecule has 0 spiro atoms. The summed E-state index contributed by atoms with van der Waals surface area (Å²) in [5.41, 5.74) is 4.64. The van der Waals surface area contributed by atoms with Crippen molar-refractivity contribution in [2.75, 3.05) is 6.54 Å². The average molecular weight is 393 g/mol. The second kappa shape index (κ2) is 7.76. The molecule has 0 aliphatic rings. The lowest BCUT2D eigenvalue weighted by atomic mass is 10.2. The predicted molar refractivity (Wildman–Crippen MR) is 116 cm³/mol. The molecule has 0 saturated heterocycles. The van der Waals surface area contributed by atoms with Crippen LogP contribution in [-0.4, -0.2) is 35.8 Å². The molecule has 4 aromatic heterocycles. The highest BCUT2D eigenvalue weighted by Gasteiger charge is 2.17. The number of hydrogen-bond donors (Lipinski definition) is 0. The van der Waals surface area contributed by atoms with Crippen LogP contribution in [0.5, 0.6) is 0 Å². The van der Waals surface area contributed by atoms with Gasteiger partial charge in [-0.05, 0) is 30.3 Å². The molecule has 5 aromatic rings. The van der Waals surface area contributed by atoms with E-state index >= 15 is 0 Å². The fourth-order valence-corrected chi connectivity index (χ4v) is 3.77. The van der Waals surface area contributed by atoms with Gasteiger partial charge in [0, 0.05) is 30.7 Å². The molecule has 5 rings (SSSR count). The molecule has 0 radical (unpaired) electrons. The maximum absolute atomic E-state index is 7.08. The fourth-order valence-electron chi connectivity index (χ4n) is 3.77. The minimum absolute atomic E-state index is 0.504. The first kappa shape index (κ1) is 18.0. The second-order valence-corrected chi connectivity index (χ2v) is 7.02. The van der Waals surface area contributed by atoms with E-state index in [1.807, 2.05) is 53.3 Å². The van der Waals surface area contributed by atoms with Gasteiger partial charge >= 0.3 is 0 Å². The van der Waals surface area contributed by atoms with Crippen molar-refractivity contribution in [3.63, 3.8) is 0 Å². The van der Waals surface area contributed by atoms with Crippen molar-refractivity contribution >= 4 is 21.9 Å². The average Bonchev–Trinajstić information content (AvgIpc) is 3.33. The predicted octanol–water partition coefficient (Wildman–Crippen LogP) is 4.20. The van der Waals surface area contributed by atoms with Gasteiger partial charge in [-0.3, -0.25) is 14.6 Å². The molecular formula is C23H19N7. The molecule has 0 atom stereocenters. The molecule has 1 aromatic carbocycles. The quantitative estimate of drug-likeness (QED) is 0.320. The number of para-hydroxylation sites is 2. The smallest absolute Gasteiger partial charge is 0.216 e. The summed E-state index contributed by atoms with van der Waals surface area (Å²) in [5.74, 6) is 0.919. The summed E-state index contributed by atoms with van der Waals surface area (Å²) in [6.07, 6.45) is 6.18. The zero-order valence-corrected chi connectivity index (χ0v) is 16.3. The van der Waals surface area contributed by atoms with Crippen LogP contribution in [0.15, 0.2) is 67.1 Å². The Bertz CT molecular complexity index is 1360. The molecule has 30 heavy (non-hydrogen) atoms. The molecule has 4 heterocycles. The van der Waals surface area contributed by atoms with E-state index in [2.05, 4.69) is 25.4 Å². The Hall–Kier alpha value is -4.05. The highest BCUT2D eigenvalue weighted by atomic mass is 15.3. The van der Waals surface area contributed by atoms with Crippen LogP contribution < -0.4 is 0 Å². The Kier molecular flexibility index (Phi) is 4.66. The van der Waals surface area contributed by atoms with Crippen molar-refractivity contribution in [2.24, 2.45) is 0 Å². The van der Waals surface area contributed by atoms with E-state index in [0.717, 1.165) is 52.1 Å². The summed E-state index contributed by atoms with van der Waals surface area (Å²) >= 11 is 0. The van der Waals surface area contributed by atoms with Crippen molar-refractivity contribution in [1.29, 1.82) is 0 Å². The third-order valence-electron chi connectivity index (χ3n) is 5.14. The zero-order chi connectivity index (χ0) is 20.3. The number of rotatable bonds is 6. The van der Waals surface area contributed by atoms with Crippen molar-refractivity contribution in [1.82, 2.24) is 29.3 Å². The molecule has 0 bridgehead atoms. The number of aryl methyl sites for hydroxylation is 1. The van der Waals surface area contributed by atoms with Crippen LogP contribution in [0.4, 0.5) is 0 Å². The van der Waals surface area contributed by atoms with Crippen LogP contribution in [0.25, 0.3) is 38.2 Å². The van der Waals surface area contributed by atoms with Crippen molar-refractivity contribution in [2.45, 2.75) is 19.5 Å². The molecule has 0 unspecified atom stereocenters. The SMILES string of the molecule is [C-]#[N+]CCCn1c(Cn2nc(-c3ccccn3)c3ccncc32)nc2ccccc21. The Morgan fingerprint density at radius 2 is 1.87 bits per heavy atom. The lowest BCUT2D eigenvalue weighted by molar-refractivity contribution is 0.601. The molecule has 0 aliphatic heterocycles. The molecule has 0 aliphatic carbocycles. The maximum Gasteiger partial charge on any atom is 0.216 e. The van der Waals surface area contributed by atoms with Gasteiger partial charge in [0.2, 0.25) is 6.54 Å². The minimum atomic E-state index is 0.504. The molecular weight excluding hydrogens is 374 g/mol. The van der Waals surface area contributed by atoms with Crippen molar-refractivity contribution < 1.29 is 0 Å². The monoisotopic (exact) mass is 393 g/mol. The Morgan fingerprint density at radius 3 is 2.73 bits per heavy atom. The van der Waals surface area contributed by atoms with E-state index < -0.39 is 0 Å². The van der Waals surface area contributed by atoms with E-state index in [1.54, 1.807) is 12.4 Å². The normalized spacial score (nSPS) is 11.2. The van der Waals surface area contributed by atoms with Crippen LogP contribution in [0.2, 0.25) is 0 Å². The summed E-state index contributed by atoms with van der Waals surface area (Å²) in [7, 11) is 0. The maximum atomic E-state index is 7.08. The molecule has 7 nitrogen and oxygen atoms in total. The summed E-state index contributed by atoms with van der Waals surface area (Å²) in [6, 6.07) is 15.9. The van der Waals surface area contributed by atoms with E-state index in [-0.39, 0.29) is 0 Å². The van der Waals surface area contributed by atoms with Crippen molar-refractivity contribution in [3.8, 4) is 11.4 Å². The van der Waals surface area contributed by atoms with E-state index in [1.165, 1.54) is 0 Å². The largest absolute Gasteiger partial charge is 0.326 e. The van der Waals surface area contributed by atoms with Gasteiger partial charge in [0.1, 0.15) is 11.5 Å². The topological polar surface area (TPSA) is 65.8 Å². The van der Waals surface area contributed by atoms with Crippen LogP contribution in [0.3, 0.4) is 0 Å². The van der Waals surface area contributed by atoms with Gasteiger partial charge in [0.05, 0.1) is 35.0 Å². The van der Waals surface area contributed by atoms with Gasteiger partial charge in [0.15, 0.2) is 0 Å². The fraction of sp³-hybridized carbons (Fsp3) is 0.174. The molecule has 7 heteroatoms. The van der Waals surface area contributed by atoms with Gasteiger partial charge in [-0.1, -0.05) is 18.2 Å². The number of imidazole rings is 1. The molecule has 0 amide bonds. The van der Waals surface area contributed by atoms with Crippen LogP contribution in [0, 0.1) is 6.57 Å². The van der Waals surface area contributed by atoms with Crippen LogP contribution >= 0.6 is 0 Å². The second-order valence-electron chi connectivity index (χ2n) is 7.02. The lowest BCUT2D eigenvalue weighted by Crippen LogP contribution is -2.11. The first-order chi connectivity index (χ1) is 14.8. The van der Waals surface area contributed by atoms with Gasteiger partial charge in [-0.2, -0.15) is 5.10 Å². The van der Waals surface area contributed by atoms with E-state index in [9.17, 15) is 0 Å². The van der Waals surface area contributed by atoms with Gasteiger partial charge in [0.25, 0.3) is 0 Å². The summed E-state index contributed by atoms with van der Waals surface area (Å²) in [5, 5.41) is 5.89. The number of hydrogen-bond acceptors (Lipinski definition) is 4. The number of fused-ring (bicyclic) bond motifs is 2. The summed E-state index contributed by atoms with van der Waals surface area (Å²) in [6.45, 7) is 8.85. The molecule has 146 valence electrons. The minimum Gasteiger partial charge on any atom is -0.326 e. The Labute approximate surface area is 173 Å². The lowest BCUT2D eigenvalue weighted by Gasteiger charge is -2.08. The summed E-state index contributed by atoms with van der Waals surface area (Å²) in [4.78, 5) is 17.1. The highest BCUT2D eigenvalue weighted by Crippen LogP contribution is 2.27. The Balaban J connectivity index is 1.61. The third-order valence-corrected chi connectivity index (χ3v) is 5.14. The number of aromatic nitrogens is 6. The van der Waals surface area contributed by atoms with Crippen LogP contribution in [0.1, 0.15) is 12.2 Å². The molecule has 0 fully saturated rings. The van der Waals surface area contributed by atoms with Crippen LogP contribution in [-0.2, 0) is 13.1 Å². The molecule has 0 saturated carbocycles. The first-order valence-corrected chi connectivity index (χ1v) is 9.84. The molecule has 0 N–H and O–H groups in total. The highest BCUT2D eigenvalue weighted by molar-refractivity contribution is 5.91. The number of benzene rings is 1. The van der Waals surface area contributed by atoms with E-state index in [0.29, 0.717) is 13.1 Å². The van der Waals surface area contributed by atoms with Gasteiger partial charge < -0.3 is 9.41 Å². The first-order valence-electron chi connectivity index (χ1n) is 9.84. The number of pyridine rings is 2. The standard InChI is InChI=1S/C23H19N7/c1-24-11-6-14-29-20-9-3-2-7-18(20)27-22(29)16-30-21-15-25-13-10-17(21)23(28-30)19-8-4-5-12-26-19/h2-5,7-10,12-13,15H,6,11,14,16H2. The third kappa shape index (κ3) is 3.18. The summed E-state index contributed by atoms with van der Waals surface area (Å²) < 4.78 is 4.14. The van der Waals surface area contributed by atoms with E-state index in [4.69, 9.17) is 16.7 Å². The van der Waals surface area contributed by atoms with Crippen molar-refractivity contribution in [3.05, 3.63) is 84.4 Å². The zero-order valence-electron chi connectivity index (χ0n) is 16.3.